The predicted molar refractivity (Wildman–Crippen MR) is 102 cm³/mol. The van der Waals surface area contributed by atoms with Gasteiger partial charge in [0.15, 0.2) is 0 Å². The van der Waals surface area contributed by atoms with Gasteiger partial charge in [0.2, 0.25) is 0 Å². The fraction of sp³-hybridized carbons (Fsp3) is 0.737. The van der Waals surface area contributed by atoms with Crippen LogP contribution >= 0.6 is 0 Å². The highest BCUT2D eigenvalue weighted by atomic mass is 16.5. The van der Waals surface area contributed by atoms with Gasteiger partial charge in [-0.1, -0.05) is 6.42 Å². The van der Waals surface area contributed by atoms with Crippen molar-refractivity contribution in [3.63, 3.8) is 0 Å². The number of piperidine rings is 1. The number of likely N-dealkylation sites (tertiary alicyclic amines) is 1. The van der Waals surface area contributed by atoms with Crippen LogP contribution in [0.4, 0.5) is 0 Å². The normalized spacial score (nSPS) is 24.5. The molecule has 1 saturated carbocycles. The summed E-state index contributed by atoms with van der Waals surface area (Å²) in [5.41, 5.74) is 2.85. The zero-order valence-electron chi connectivity index (χ0n) is 16.8. The Morgan fingerprint density at radius 3 is 2.33 bits per heavy atom. The third-order valence-electron chi connectivity index (χ3n) is 5.87. The minimum absolute atomic E-state index is 0.250. The highest BCUT2D eigenvalue weighted by molar-refractivity contribution is 5.33. The van der Waals surface area contributed by atoms with E-state index in [1.54, 1.807) is 0 Å². The quantitative estimate of drug-likeness (QED) is 0.771. The average molecular weight is 383 g/mol. The number of aromatic nitrogens is 2. The monoisotopic (exact) mass is 383 g/mol. The molecule has 1 saturated heterocycles. The van der Waals surface area contributed by atoms with E-state index in [0.29, 0.717) is 11.5 Å². The minimum atomic E-state index is -0.250. The van der Waals surface area contributed by atoms with E-state index >= 15 is 0 Å². The summed E-state index contributed by atoms with van der Waals surface area (Å²) in [6, 6.07) is 0. The number of rotatable bonds is 3. The Bertz CT molecular complexity index is 598. The Morgan fingerprint density at radius 1 is 1.22 bits per heavy atom. The van der Waals surface area contributed by atoms with Crippen molar-refractivity contribution in [1.82, 2.24) is 14.5 Å². The van der Waals surface area contributed by atoms with Crippen molar-refractivity contribution in [3.05, 3.63) is 17.2 Å². The van der Waals surface area contributed by atoms with Crippen molar-refractivity contribution in [1.29, 1.82) is 0 Å². The number of methoxy groups -OCH3 is 1. The lowest BCUT2D eigenvalue weighted by atomic mass is 9.76. The molecule has 8 heteroatoms. The first kappa shape index (κ1) is 23.1. The maximum atomic E-state index is 8.36. The Balaban J connectivity index is 0.000000540. The SMILES string of the molecule is CO[C@@H]1CCC[C@@]12CCCN(Cc1nc(C)c(C)n1C)C2.O=CO.O=CO. The van der Waals surface area contributed by atoms with Crippen molar-refractivity contribution in [2.75, 3.05) is 20.2 Å². The number of hydrogen-bond acceptors (Lipinski definition) is 5. The Hall–Kier alpha value is -1.93. The van der Waals surface area contributed by atoms with E-state index in [4.69, 9.17) is 29.5 Å². The van der Waals surface area contributed by atoms with Crippen molar-refractivity contribution in [2.45, 2.75) is 58.6 Å². The molecule has 1 aromatic rings. The molecule has 154 valence electrons. The summed E-state index contributed by atoms with van der Waals surface area (Å²) in [6.07, 6.45) is 6.99. The van der Waals surface area contributed by atoms with Gasteiger partial charge in [0.25, 0.3) is 12.9 Å². The smallest absolute Gasteiger partial charge is 0.290 e. The van der Waals surface area contributed by atoms with Crippen LogP contribution in [0.3, 0.4) is 0 Å². The molecule has 0 bridgehead atoms. The lowest BCUT2D eigenvalue weighted by Crippen LogP contribution is -2.47. The van der Waals surface area contributed by atoms with Crippen LogP contribution in [0.25, 0.3) is 0 Å². The molecule has 0 aromatic carbocycles. The molecule has 1 aromatic heterocycles. The molecule has 1 aliphatic carbocycles. The number of hydrogen-bond donors (Lipinski definition) is 2. The topological polar surface area (TPSA) is 105 Å². The average Bonchev–Trinajstić information content (AvgIpc) is 3.12. The lowest BCUT2D eigenvalue weighted by molar-refractivity contribution is -0.123. The fourth-order valence-electron chi connectivity index (χ4n) is 4.46. The molecular weight excluding hydrogens is 350 g/mol. The van der Waals surface area contributed by atoms with Crippen LogP contribution in [-0.4, -0.2) is 63.9 Å². The summed E-state index contributed by atoms with van der Waals surface area (Å²) in [4.78, 5) is 24.1. The van der Waals surface area contributed by atoms with Gasteiger partial charge in [0, 0.05) is 31.8 Å². The van der Waals surface area contributed by atoms with Gasteiger partial charge in [0.05, 0.1) is 18.3 Å². The van der Waals surface area contributed by atoms with Crippen LogP contribution in [0, 0.1) is 19.3 Å². The second kappa shape index (κ2) is 11.0. The number of ether oxygens (including phenoxy) is 1. The Kier molecular flexibility index (Phi) is 9.45. The summed E-state index contributed by atoms with van der Waals surface area (Å²) >= 11 is 0. The third-order valence-corrected chi connectivity index (χ3v) is 5.87. The van der Waals surface area contributed by atoms with Crippen molar-refractivity contribution in [3.8, 4) is 0 Å². The highest BCUT2D eigenvalue weighted by Crippen LogP contribution is 2.46. The van der Waals surface area contributed by atoms with Gasteiger partial charge < -0.3 is 19.5 Å². The molecule has 1 spiro atoms. The molecule has 0 radical (unpaired) electrons. The van der Waals surface area contributed by atoms with Crippen LogP contribution in [0.2, 0.25) is 0 Å². The van der Waals surface area contributed by atoms with Crippen LogP contribution in [0.5, 0.6) is 0 Å². The van der Waals surface area contributed by atoms with E-state index in [1.807, 2.05) is 7.11 Å². The van der Waals surface area contributed by atoms with Crippen LogP contribution in [0.15, 0.2) is 0 Å². The molecule has 2 atom stereocenters. The van der Waals surface area contributed by atoms with Crippen molar-refractivity contribution < 1.29 is 24.5 Å². The largest absolute Gasteiger partial charge is 0.483 e. The Morgan fingerprint density at radius 2 is 1.81 bits per heavy atom. The molecule has 0 amide bonds. The van der Waals surface area contributed by atoms with Crippen LogP contribution in [0.1, 0.15) is 49.3 Å². The summed E-state index contributed by atoms with van der Waals surface area (Å²) < 4.78 is 8.05. The van der Waals surface area contributed by atoms with Gasteiger partial charge in [-0.05, 0) is 46.1 Å². The summed E-state index contributed by atoms with van der Waals surface area (Å²) in [7, 11) is 4.03. The minimum Gasteiger partial charge on any atom is -0.483 e. The number of carbonyl (C=O) groups is 2. The Labute approximate surface area is 161 Å². The molecule has 27 heavy (non-hydrogen) atoms. The van der Waals surface area contributed by atoms with Gasteiger partial charge >= 0.3 is 0 Å². The first-order valence-electron chi connectivity index (χ1n) is 9.28. The highest BCUT2D eigenvalue weighted by Gasteiger charge is 2.45. The van der Waals surface area contributed by atoms with E-state index in [-0.39, 0.29) is 12.9 Å². The second-order valence-corrected chi connectivity index (χ2v) is 7.26. The van der Waals surface area contributed by atoms with E-state index in [1.165, 1.54) is 56.7 Å². The molecule has 8 nitrogen and oxygen atoms in total. The first-order chi connectivity index (χ1) is 12.9. The third kappa shape index (κ3) is 5.77. The number of nitrogens with zero attached hydrogens (tertiary/aromatic N) is 3. The second-order valence-electron chi connectivity index (χ2n) is 7.26. The molecule has 2 heterocycles. The predicted octanol–water partition coefficient (Wildman–Crippen LogP) is 2.22. The van der Waals surface area contributed by atoms with Gasteiger partial charge in [-0.25, -0.2) is 4.98 Å². The van der Waals surface area contributed by atoms with Gasteiger partial charge in [-0.3, -0.25) is 14.5 Å². The van der Waals surface area contributed by atoms with Crippen LogP contribution < -0.4 is 0 Å². The maximum Gasteiger partial charge on any atom is 0.290 e. The molecule has 3 rings (SSSR count). The first-order valence-corrected chi connectivity index (χ1v) is 9.28. The van der Waals surface area contributed by atoms with E-state index in [9.17, 15) is 0 Å². The van der Waals surface area contributed by atoms with E-state index in [0.717, 1.165) is 12.2 Å². The molecule has 2 fully saturated rings. The molecule has 1 aliphatic heterocycles. The van der Waals surface area contributed by atoms with Gasteiger partial charge in [-0.15, -0.1) is 0 Å². The molecule has 2 aliphatic rings. The molecule has 2 N–H and O–H groups in total. The summed E-state index contributed by atoms with van der Waals surface area (Å²) in [6.45, 7) is 7.11. The zero-order valence-corrected chi connectivity index (χ0v) is 16.8. The summed E-state index contributed by atoms with van der Waals surface area (Å²) in [5, 5.41) is 13.8. The van der Waals surface area contributed by atoms with Crippen molar-refractivity contribution >= 4 is 12.9 Å². The molecular formula is C19H33N3O5. The lowest BCUT2D eigenvalue weighted by Gasteiger charge is -2.43. The number of carboxylic acid groups (broad SMARTS) is 2. The fourth-order valence-corrected chi connectivity index (χ4v) is 4.46. The molecule has 0 unspecified atom stereocenters. The van der Waals surface area contributed by atoms with Gasteiger partial charge in [-0.2, -0.15) is 0 Å². The van der Waals surface area contributed by atoms with Crippen LogP contribution in [-0.2, 0) is 27.9 Å². The number of aryl methyl sites for hydroxylation is 1. The van der Waals surface area contributed by atoms with Gasteiger partial charge in [0.1, 0.15) is 5.82 Å². The zero-order chi connectivity index (χ0) is 20.4. The maximum absolute atomic E-state index is 8.36. The number of imidazole rings is 1. The standard InChI is InChI=1S/C17H29N3O.2CH2O2/c1-13-14(2)19(3)16(18-13)11-20-10-6-9-17(12-20)8-5-7-15(17)21-4;2*2-1-3/h15H,5-12H2,1-4H3;2*1H,(H,2,3)/t15-,17+;;/m1../s1. The van der Waals surface area contributed by atoms with Crippen molar-refractivity contribution in [2.24, 2.45) is 12.5 Å². The summed E-state index contributed by atoms with van der Waals surface area (Å²) in [5.74, 6) is 1.20. The van der Waals surface area contributed by atoms with E-state index < -0.39 is 0 Å². The van der Waals surface area contributed by atoms with E-state index in [2.05, 4.69) is 30.4 Å².